The van der Waals surface area contributed by atoms with E-state index < -0.39 is 17.1 Å². The van der Waals surface area contributed by atoms with Gasteiger partial charge in [-0.3, -0.25) is 4.79 Å². The Hall–Kier alpha value is -2.41. The van der Waals surface area contributed by atoms with Gasteiger partial charge in [0.05, 0.1) is 5.25 Å². The molecule has 1 aliphatic heterocycles. The molecule has 1 heterocycles. The average Bonchev–Trinajstić information content (AvgIpc) is 2.79. The fourth-order valence-corrected chi connectivity index (χ4v) is 2.49. The largest absolute Gasteiger partial charge is 0.550 e. The van der Waals surface area contributed by atoms with Gasteiger partial charge in [-0.2, -0.15) is 5.10 Å². The SMILES string of the molecule is O=C([O-])C[C@@H]1S/C(=N/N=C\C=C\c2ccccc2)NC1=O. The normalized spacial score (nSPS) is 20.5. The number of aliphatic carboxylic acids is 1. The number of hydrogen-bond acceptors (Lipinski definition) is 6. The second-order valence-electron chi connectivity index (χ2n) is 4.11. The number of allylic oxidation sites excluding steroid dienone is 1. The van der Waals surface area contributed by atoms with E-state index in [1.807, 2.05) is 36.4 Å². The predicted octanol–water partition coefficient (Wildman–Crippen LogP) is 0.413. The van der Waals surface area contributed by atoms with Crippen LogP contribution in [0.5, 0.6) is 0 Å². The molecule has 1 amide bonds. The van der Waals surface area contributed by atoms with Gasteiger partial charge in [-0.05, 0) is 11.6 Å². The van der Waals surface area contributed by atoms with Crippen LogP contribution in [0.3, 0.4) is 0 Å². The second kappa shape index (κ2) is 7.39. The van der Waals surface area contributed by atoms with Crippen LogP contribution in [0.2, 0.25) is 0 Å². The topological polar surface area (TPSA) is 93.9 Å². The number of carbonyl (C=O) groups excluding carboxylic acids is 2. The van der Waals surface area contributed by atoms with Crippen molar-refractivity contribution in [1.82, 2.24) is 5.32 Å². The molecule has 21 heavy (non-hydrogen) atoms. The molecule has 1 saturated heterocycles. The molecule has 0 aliphatic carbocycles. The van der Waals surface area contributed by atoms with Crippen molar-refractivity contribution < 1.29 is 14.7 Å². The van der Waals surface area contributed by atoms with Crippen molar-refractivity contribution in [2.24, 2.45) is 10.2 Å². The van der Waals surface area contributed by atoms with Gasteiger partial charge in [0.1, 0.15) is 0 Å². The molecule has 108 valence electrons. The zero-order valence-electron chi connectivity index (χ0n) is 10.9. The summed E-state index contributed by atoms with van der Waals surface area (Å²) in [6, 6.07) is 9.69. The van der Waals surface area contributed by atoms with Crippen molar-refractivity contribution in [2.75, 3.05) is 0 Å². The first-order valence-electron chi connectivity index (χ1n) is 6.15. The number of rotatable bonds is 5. The van der Waals surface area contributed by atoms with Crippen LogP contribution in [0, 0.1) is 0 Å². The third kappa shape index (κ3) is 4.88. The number of carboxylic acid groups (broad SMARTS) is 1. The molecule has 1 atom stereocenters. The molecule has 1 aromatic rings. The lowest BCUT2D eigenvalue weighted by Gasteiger charge is -2.04. The number of nitrogens with zero attached hydrogens (tertiary/aromatic N) is 2. The van der Waals surface area contributed by atoms with Crippen molar-refractivity contribution in [3.8, 4) is 0 Å². The van der Waals surface area contributed by atoms with Gasteiger partial charge in [-0.1, -0.05) is 48.2 Å². The van der Waals surface area contributed by atoms with Gasteiger partial charge >= 0.3 is 0 Å². The Morgan fingerprint density at radius 2 is 2.14 bits per heavy atom. The van der Waals surface area contributed by atoms with Crippen molar-refractivity contribution >= 4 is 41.1 Å². The van der Waals surface area contributed by atoms with Crippen LogP contribution in [0.4, 0.5) is 0 Å². The van der Waals surface area contributed by atoms with Crippen LogP contribution in [0.1, 0.15) is 12.0 Å². The van der Waals surface area contributed by atoms with Gasteiger partial charge in [-0.15, -0.1) is 5.10 Å². The number of nitrogens with one attached hydrogen (secondary N) is 1. The van der Waals surface area contributed by atoms with Crippen molar-refractivity contribution in [2.45, 2.75) is 11.7 Å². The van der Waals surface area contributed by atoms with Crippen LogP contribution in [-0.2, 0) is 9.59 Å². The highest BCUT2D eigenvalue weighted by Crippen LogP contribution is 2.21. The quantitative estimate of drug-likeness (QED) is 0.630. The van der Waals surface area contributed by atoms with Crippen molar-refractivity contribution in [3.05, 3.63) is 42.0 Å². The van der Waals surface area contributed by atoms with Gasteiger partial charge in [0.2, 0.25) is 5.91 Å². The molecule has 0 radical (unpaired) electrons. The molecule has 1 aromatic carbocycles. The van der Waals surface area contributed by atoms with Gasteiger partial charge in [-0.25, -0.2) is 0 Å². The fraction of sp³-hybridized carbons (Fsp3) is 0.143. The number of carboxylic acids is 1. The first-order valence-corrected chi connectivity index (χ1v) is 7.03. The number of benzene rings is 1. The van der Waals surface area contributed by atoms with E-state index in [0.717, 1.165) is 17.3 Å². The summed E-state index contributed by atoms with van der Waals surface area (Å²) >= 11 is 1.03. The maximum absolute atomic E-state index is 11.4. The summed E-state index contributed by atoms with van der Waals surface area (Å²) in [6.07, 6.45) is 4.73. The summed E-state index contributed by atoms with van der Waals surface area (Å²) in [6.45, 7) is 0. The third-order valence-electron chi connectivity index (χ3n) is 2.52. The summed E-state index contributed by atoms with van der Waals surface area (Å²) in [5.74, 6) is -1.66. The van der Waals surface area contributed by atoms with Crippen molar-refractivity contribution in [1.29, 1.82) is 0 Å². The molecule has 1 N–H and O–H groups in total. The first kappa shape index (κ1) is 15.0. The molecule has 0 spiro atoms. The summed E-state index contributed by atoms with van der Waals surface area (Å²) in [5, 5.41) is 20.1. The summed E-state index contributed by atoms with van der Waals surface area (Å²) in [4.78, 5) is 21.9. The smallest absolute Gasteiger partial charge is 0.239 e. The molecule has 7 heteroatoms. The molecule has 2 rings (SSSR count). The lowest BCUT2D eigenvalue weighted by Crippen LogP contribution is -2.31. The highest BCUT2D eigenvalue weighted by Gasteiger charge is 2.30. The fourth-order valence-electron chi connectivity index (χ4n) is 1.58. The highest BCUT2D eigenvalue weighted by atomic mass is 32.2. The monoisotopic (exact) mass is 302 g/mol. The maximum atomic E-state index is 11.4. The number of carbonyl (C=O) groups is 2. The molecule has 0 saturated carbocycles. The molecule has 0 bridgehead atoms. The van der Waals surface area contributed by atoms with E-state index in [1.165, 1.54) is 6.21 Å². The van der Waals surface area contributed by atoms with E-state index in [0.29, 0.717) is 0 Å². The van der Waals surface area contributed by atoms with Crippen molar-refractivity contribution in [3.63, 3.8) is 0 Å². The number of amidine groups is 1. The van der Waals surface area contributed by atoms with E-state index >= 15 is 0 Å². The van der Waals surface area contributed by atoms with Crippen LogP contribution in [-0.4, -0.2) is 28.5 Å². The Morgan fingerprint density at radius 1 is 1.38 bits per heavy atom. The Kier molecular flexibility index (Phi) is 5.28. The Labute approximate surface area is 125 Å². The summed E-state index contributed by atoms with van der Waals surface area (Å²) in [7, 11) is 0. The van der Waals surface area contributed by atoms with E-state index in [-0.39, 0.29) is 11.6 Å². The van der Waals surface area contributed by atoms with Gasteiger partial charge < -0.3 is 15.2 Å². The van der Waals surface area contributed by atoms with E-state index in [4.69, 9.17) is 0 Å². The van der Waals surface area contributed by atoms with Crippen LogP contribution in [0.15, 0.2) is 46.6 Å². The van der Waals surface area contributed by atoms with Gasteiger partial charge in [0.15, 0.2) is 5.17 Å². The second-order valence-corrected chi connectivity index (χ2v) is 5.30. The Morgan fingerprint density at radius 3 is 2.86 bits per heavy atom. The van der Waals surface area contributed by atoms with E-state index in [1.54, 1.807) is 6.08 Å². The minimum Gasteiger partial charge on any atom is -0.550 e. The molecule has 0 unspecified atom stereocenters. The van der Waals surface area contributed by atoms with E-state index in [9.17, 15) is 14.7 Å². The van der Waals surface area contributed by atoms with Crippen LogP contribution < -0.4 is 10.4 Å². The minimum absolute atomic E-state index is 0.288. The number of amides is 1. The molecule has 1 aliphatic rings. The lowest BCUT2D eigenvalue weighted by molar-refractivity contribution is -0.305. The predicted molar refractivity (Wildman–Crippen MR) is 80.5 cm³/mol. The zero-order chi connectivity index (χ0) is 15.1. The maximum Gasteiger partial charge on any atom is 0.239 e. The minimum atomic E-state index is -1.27. The lowest BCUT2D eigenvalue weighted by atomic mass is 10.2. The molecule has 6 nitrogen and oxygen atoms in total. The van der Waals surface area contributed by atoms with Gasteiger partial charge in [0.25, 0.3) is 0 Å². The zero-order valence-corrected chi connectivity index (χ0v) is 11.7. The third-order valence-corrected chi connectivity index (χ3v) is 3.59. The average molecular weight is 302 g/mol. The summed E-state index contributed by atoms with van der Waals surface area (Å²) in [5.41, 5.74) is 1.04. The molecular formula is C14H12N3O3S-. The molecule has 1 fully saturated rings. The highest BCUT2D eigenvalue weighted by molar-refractivity contribution is 8.15. The summed E-state index contributed by atoms with van der Waals surface area (Å²) < 4.78 is 0. The van der Waals surface area contributed by atoms with E-state index in [2.05, 4.69) is 15.5 Å². The Bertz CT molecular complexity index is 611. The van der Waals surface area contributed by atoms with Gasteiger partial charge in [0, 0.05) is 18.6 Å². The molecular weight excluding hydrogens is 290 g/mol. The standard InChI is InChI=1S/C14H13N3O3S/c18-12(19)9-11-13(20)16-14(21-11)17-15-8-4-7-10-5-2-1-3-6-10/h1-8,11H,9H2,(H,18,19)(H,16,17,20)/p-1/b7-4+,15-8-/t11-/m0/s1. The Balaban J connectivity index is 1.87. The molecule has 0 aromatic heterocycles. The number of hydrogen-bond donors (Lipinski definition) is 1. The first-order chi connectivity index (χ1) is 10.1. The number of thioether (sulfide) groups is 1. The van der Waals surface area contributed by atoms with Crippen LogP contribution >= 0.6 is 11.8 Å². The van der Waals surface area contributed by atoms with Crippen LogP contribution in [0.25, 0.3) is 6.08 Å².